The summed E-state index contributed by atoms with van der Waals surface area (Å²) in [5, 5.41) is 3.75. The summed E-state index contributed by atoms with van der Waals surface area (Å²) >= 11 is 0. The van der Waals surface area contributed by atoms with Crippen molar-refractivity contribution in [3.63, 3.8) is 0 Å². The number of benzene rings is 7. The van der Waals surface area contributed by atoms with Gasteiger partial charge in [-0.05, 0) is 94.1 Å². The van der Waals surface area contributed by atoms with E-state index in [-0.39, 0.29) is 11.8 Å². The fourth-order valence-electron chi connectivity index (χ4n) is 8.85. The molecule has 4 heteroatoms. The van der Waals surface area contributed by atoms with E-state index in [0.29, 0.717) is 0 Å². The van der Waals surface area contributed by atoms with Crippen LogP contribution in [0.15, 0.2) is 150 Å². The predicted octanol–water partition coefficient (Wildman–Crippen LogP) is 14.1. The van der Waals surface area contributed by atoms with Gasteiger partial charge in [0.1, 0.15) is 16.8 Å². The van der Waals surface area contributed by atoms with E-state index < -0.39 is 8.07 Å². The maximum atomic E-state index is 6.99. The van der Waals surface area contributed by atoms with Gasteiger partial charge in [0.25, 0.3) is 5.82 Å². The van der Waals surface area contributed by atoms with Crippen LogP contribution in [0.3, 0.4) is 0 Å². The van der Waals surface area contributed by atoms with Crippen molar-refractivity contribution < 1.29 is 8.98 Å². The Bertz CT molecular complexity index is 2950. The summed E-state index contributed by atoms with van der Waals surface area (Å²) in [5.41, 5.74) is 17.7. The number of hydrogen-bond acceptors (Lipinski definition) is 1. The number of nitrogens with zero attached hydrogens (tertiary/aromatic N) is 2. The standard InChI is InChI=1S/C54H53N2OSi/c1-34(2)46-31-42(40-22-20-38(21-23-40)39-24-27-43(28-25-39)58(7,8)9)32-47(35(3)4)52(46)56-49-18-14-13-17-48(49)55(6)54(56)51-36(5)19-29-45-44-30-26-41(33-50(44)57-53(45)51)37-15-11-10-12-16-37/h10-35H,1-9H3/q+1. The van der Waals surface area contributed by atoms with Crippen molar-refractivity contribution in [3.8, 4) is 50.5 Å². The Labute approximate surface area is 344 Å². The first-order valence-electron chi connectivity index (χ1n) is 20.8. The lowest BCUT2D eigenvalue weighted by Crippen LogP contribution is -2.37. The van der Waals surface area contributed by atoms with Crippen molar-refractivity contribution in [1.29, 1.82) is 0 Å². The molecule has 3 nitrogen and oxygen atoms in total. The molecule has 0 N–H and O–H groups in total. The van der Waals surface area contributed by atoms with Crippen molar-refractivity contribution in [3.05, 3.63) is 162 Å². The predicted molar refractivity (Wildman–Crippen MR) is 249 cm³/mol. The average molecular weight is 774 g/mol. The highest BCUT2D eigenvalue weighted by Crippen LogP contribution is 2.43. The van der Waals surface area contributed by atoms with Gasteiger partial charge in [-0.25, -0.2) is 4.57 Å². The van der Waals surface area contributed by atoms with E-state index in [2.05, 4.69) is 216 Å². The Morgan fingerprint density at radius 2 is 1.09 bits per heavy atom. The maximum absolute atomic E-state index is 6.99. The number of para-hydroxylation sites is 2. The van der Waals surface area contributed by atoms with Gasteiger partial charge in [0, 0.05) is 21.9 Å². The van der Waals surface area contributed by atoms with E-state index in [4.69, 9.17) is 4.42 Å². The zero-order chi connectivity index (χ0) is 40.5. The highest BCUT2D eigenvalue weighted by Gasteiger charge is 2.34. The van der Waals surface area contributed by atoms with Gasteiger partial charge in [0.05, 0.1) is 15.1 Å². The number of furan rings is 1. The summed E-state index contributed by atoms with van der Waals surface area (Å²) in [5.74, 6) is 1.67. The molecule has 2 heterocycles. The van der Waals surface area contributed by atoms with Gasteiger partial charge < -0.3 is 4.42 Å². The number of fused-ring (bicyclic) bond motifs is 4. The highest BCUT2D eigenvalue weighted by atomic mass is 28.3. The van der Waals surface area contributed by atoms with Gasteiger partial charge in [0.2, 0.25) is 0 Å². The molecule has 58 heavy (non-hydrogen) atoms. The Hall–Kier alpha value is -5.97. The van der Waals surface area contributed by atoms with Crippen LogP contribution in [0.4, 0.5) is 0 Å². The first-order valence-corrected chi connectivity index (χ1v) is 24.3. The molecule has 9 aromatic rings. The van der Waals surface area contributed by atoms with E-state index in [1.807, 2.05) is 0 Å². The molecule has 0 aliphatic heterocycles. The molecule has 0 spiro atoms. The van der Waals surface area contributed by atoms with Crippen LogP contribution in [-0.2, 0) is 7.05 Å². The molecule has 0 atom stereocenters. The zero-order valence-electron chi connectivity index (χ0n) is 35.3. The average Bonchev–Trinajstić information content (AvgIpc) is 3.74. The molecule has 0 saturated carbocycles. The van der Waals surface area contributed by atoms with Crippen molar-refractivity contribution in [2.45, 2.75) is 66.1 Å². The molecule has 0 unspecified atom stereocenters. The van der Waals surface area contributed by atoms with Crippen LogP contribution < -0.4 is 9.75 Å². The molecule has 2 aromatic heterocycles. The molecule has 0 amide bonds. The van der Waals surface area contributed by atoms with Crippen molar-refractivity contribution >= 4 is 46.2 Å². The molecule has 0 radical (unpaired) electrons. The lowest BCUT2D eigenvalue weighted by Gasteiger charge is -2.21. The minimum atomic E-state index is -1.35. The topological polar surface area (TPSA) is 21.9 Å². The molecule has 0 saturated heterocycles. The molecule has 0 bridgehead atoms. The van der Waals surface area contributed by atoms with Crippen LogP contribution in [-0.4, -0.2) is 12.6 Å². The summed E-state index contributed by atoms with van der Waals surface area (Å²) in [4.78, 5) is 0. The maximum Gasteiger partial charge on any atom is 0.299 e. The Morgan fingerprint density at radius 3 is 1.71 bits per heavy atom. The molecule has 0 fully saturated rings. The molecule has 7 aromatic carbocycles. The summed E-state index contributed by atoms with van der Waals surface area (Å²) in [6, 6.07) is 53.8. The second kappa shape index (κ2) is 14.4. The molecule has 0 aliphatic rings. The summed E-state index contributed by atoms with van der Waals surface area (Å²) in [6.45, 7) is 18.8. The quantitative estimate of drug-likeness (QED) is 0.111. The number of aryl methyl sites for hydroxylation is 2. The van der Waals surface area contributed by atoms with Crippen LogP contribution >= 0.6 is 0 Å². The van der Waals surface area contributed by atoms with E-state index in [9.17, 15) is 0 Å². The van der Waals surface area contributed by atoms with Crippen LogP contribution in [0.1, 0.15) is 56.2 Å². The Morgan fingerprint density at radius 1 is 0.552 bits per heavy atom. The van der Waals surface area contributed by atoms with Crippen LogP contribution in [0.2, 0.25) is 19.6 Å². The van der Waals surface area contributed by atoms with Gasteiger partial charge in [-0.3, -0.25) is 0 Å². The van der Waals surface area contributed by atoms with Crippen LogP contribution in [0.5, 0.6) is 0 Å². The van der Waals surface area contributed by atoms with E-state index in [1.54, 1.807) is 0 Å². The summed E-state index contributed by atoms with van der Waals surface area (Å²) < 4.78 is 11.9. The minimum absolute atomic E-state index is 0.274. The minimum Gasteiger partial charge on any atom is -0.455 e. The van der Waals surface area contributed by atoms with E-state index in [0.717, 1.165) is 38.9 Å². The lowest BCUT2D eigenvalue weighted by atomic mass is 9.87. The van der Waals surface area contributed by atoms with Gasteiger partial charge in [-0.2, -0.15) is 4.57 Å². The highest BCUT2D eigenvalue weighted by molar-refractivity contribution is 6.88. The molecular weight excluding hydrogens is 721 g/mol. The van der Waals surface area contributed by atoms with Crippen molar-refractivity contribution in [1.82, 2.24) is 4.57 Å². The van der Waals surface area contributed by atoms with Gasteiger partial charge in [0.15, 0.2) is 16.6 Å². The second-order valence-corrected chi connectivity index (χ2v) is 22.8. The number of imidazole rings is 1. The summed E-state index contributed by atoms with van der Waals surface area (Å²) in [7, 11) is 0.860. The first kappa shape index (κ1) is 37.6. The SMILES string of the molecule is Cc1ccc2c(oc3cc(-c4ccccc4)ccc32)c1-c1n(-c2c(C(C)C)cc(-c3ccc(-c4ccc([Si](C)(C)C)cc4)cc3)cc2C(C)C)c2ccccc2[n+]1C. The monoisotopic (exact) mass is 773 g/mol. The number of hydrogen-bond donors (Lipinski definition) is 0. The zero-order valence-corrected chi connectivity index (χ0v) is 36.3. The van der Waals surface area contributed by atoms with Gasteiger partial charge in [-0.15, -0.1) is 0 Å². The fourth-order valence-corrected chi connectivity index (χ4v) is 10.0. The van der Waals surface area contributed by atoms with Gasteiger partial charge >= 0.3 is 0 Å². The Balaban J connectivity index is 1.24. The Kier molecular flexibility index (Phi) is 9.36. The molecule has 9 rings (SSSR count). The lowest BCUT2D eigenvalue weighted by molar-refractivity contribution is -0.633. The van der Waals surface area contributed by atoms with Gasteiger partial charge in [-0.1, -0.05) is 162 Å². The first-order chi connectivity index (χ1) is 27.9. The third-order valence-electron chi connectivity index (χ3n) is 12.1. The smallest absolute Gasteiger partial charge is 0.299 e. The molecule has 288 valence electrons. The van der Waals surface area contributed by atoms with E-state index in [1.165, 1.54) is 66.4 Å². The third kappa shape index (κ3) is 6.40. The number of aromatic nitrogens is 2. The second-order valence-electron chi connectivity index (χ2n) is 17.7. The van der Waals surface area contributed by atoms with E-state index >= 15 is 0 Å². The molecular formula is C54H53N2OSi+. The third-order valence-corrected chi connectivity index (χ3v) is 14.2. The van der Waals surface area contributed by atoms with Crippen molar-refractivity contribution in [2.75, 3.05) is 0 Å². The van der Waals surface area contributed by atoms with Crippen LogP contribution in [0, 0.1) is 6.92 Å². The fraction of sp³-hybridized carbons (Fsp3) is 0.204. The molecule has 0 aliphatic carbocycles. The van der Waals surface area contributed by atoms with Crippen molar-refractivity contribution in [2.24, 2.45) is 7.05 Å². The summed E-state index contributed by atoms with van der Waals surface area (Å²) in [6.07, 6.45) is 0. The largest absolute Gasteiger partial charge is 0.455 e. The normalized spacial score (nSPS) is 12.2. The number of rotatable bonds is 8. The van der Waals surface area contributed by atoms with Crippen LogP contribution in [0.25, 0.3) is 83.4 Å².